The molecule has 0 saturated heterocycles. The summed E-state index contributed by atoms with van der Waals surface area (Å²) in [6.07, 6.45) is 1.89. The summed E-state index contributed by atoms with van der Waals surface area (Å²) < 4.78 is 1.71. The number of anilines is 1. The minimum Gasteiger partial charge on any atom is -0.502 e. The lowest BCUT2D eigenvalue weighted by molar-refractivity contribution is 0.541. The van der Waals surface area contributed by atoms with Gasteiger partial charge in [0.1, 0.15) is 0 Å². The summed E-state index contributed by atoms with van der Waals surface area (Å²) in [7, 11) is 3.99. The molecule has 0 spiro atoms. The lowest BCUT2D eigenvalue weighted by Gasteiger charge is -2.12. The molecule has 106 valence electrons. The maximum Gasteiger partial charge on any atom is 0.156 e. The number of aryl methyl sites for hydroxylation is 1. The number of hydrogen-bond acceptors (Lipinski definition) is 5. The van der Waals surface area contributed by atoms with Crippen molar-refractivity contribution in [1.29, 1.82) is 0 Å². The molecular weight excluding hydrogens is 274 g/mol. The third kappa shape index (κ3) is 3.51. The Morgan fingerprint density at radius 2 is 2.00 bits per heavy atom. The number of tetrazole rings is 1. The largest absolute Gasteiger partial charge is 0.502 e. The molecule has 6 nitrogen and oxygen atoms in total. The summed E-state index contributed by atoms with van der Waals surface area (Å²) >= 11 is 4.65. The average molecular weight is 291 g/mol. The smallest absolute Gasteiger partial charge is 0.156 e. The van der Waals surface area contributed by atoms with Crippen molar-refractivity contribution in [2.24, 2.45) is 0 Å². The van der Waals surface area contributed by atoms with E-state index in [9.17, 15) is 0 Å². The van der Waals surface area contributed by atoms with Crippen LogP contribution in [0.15, 0.2) is 24.3 Å². The first-order valence-electron chi connectivity index (χ1n) is 6.35. The van der Waals surface area contributed by atoms with Crippen LogP contribution in [-0.2, 0) is 6.42 Å². The lowest BCUT2D eigenvalue weighted by atomic mass is 10.2. The van der Waals surface area contributed by atoms with Gasteiger partial charge in [-0.2, -0.15) is 4.68 Å². The van der Waals surface area contributed by atoms with E-state index < -0.39 is 0 Å². The number of aliphatic hydroxyl groups is 1. The monoisotopic (exact) mass is 291 g/mol. The van der Waals surface area contributed by atoms with Gasteiger partial charge in [0.2, 0.25) is 0 Å². The Morgan fingerprint density at radius 3 is 2.60 bits per heavy atom. The van der Waals surface area contributed by atoms with Gasteiger partial charge in [0, 0.05) is 32.6 Å². The van der Waals surface area contributed by atoms with Crippen LogP contribution >= 0.6 is 12.2 Å². The van der Waals surface area contributed by atoms with Crippen molar-refractivity contribution in [3.8, 4) is 5.69 Å². The third-order valence-corrected chi connectivity index (χ3v) is 3.14. The Bertz CT molecular complexity index is 579. The first-order chi connectivity index (χ1) is 9.58. The molecule has 0 fully saturated rings. The fraction of sp³-hybridized carbons (Fsp3) is 0.385. The molecule has 1 heterocycles. The maximum atomic E-state index is 9.02. The predicted octanol–water partition coefficient (Wildman–Crippen LogP) is 1.94. The van der Waals surface area contributed by atoms with Crippen molar-refractivity contribution in [3.05, 3.63) is 30.1 Å². The molecule has 0 aliphatic carbocycles. The zero-order valence-corrected chi connectivity index (χ0v) is 12.3. The lowest BCUT2D eigenvalue weighted by Crippen LogP contribution is -2.09. The molecule has 1 N–H and O–H groups in total. The fourth-order valence-electron chi connectivity index (χ4n) is 1.85. The Balaban J connectivity index is 2.12. The van der Waals surface area contributed by atoms with E-state index in [1.807, 2.05) is 43.3 Å². The van der Waals surface area contributed by atoms with Crippen LogP contribution in [0.2, 0.25) is 0 Å². The van der Waals surface area contributed by atoms with Crippen molar-refractivity contribution in [3.63, 3.8) is 0 Å². The normalized spacial score (nSPS) is 10.5. The minimum absolute atomic E-state index is 0.0272. The van der Waals surface area contributed by atoms with E-state index in [1.54, 1.807) is 4.68 Å². The van der Waals surface area contributed by atoms with E-state index in [4.69, 9.17) is 5.11 Å². The standard InChI is InChI=1S/C13H17N5OS/c1-17(2)10-6-8-11(9-7-10)18-12(14-15-16-18)4-3-5-13(19)20/h6-9H,3-5H2,1-2H3,(H,19,20). The zero-order chi connectivity index (χ0) is 14.5. The highest BCUT2D eigenvalue weighted by Gasteiger charge is 2.08. The second-order valence-corrected chi connectivity index (χ2v) is 5.14. The first kappa shape index (κ1) is 14.4. The molecule has 1 aromatic carbocycles. The van der Waals surface area contributed by atoms with Crippen LogP contribution in [0.5, 0.6) is 0 Å². The summed E-state index contributed by atoms with van der Waals surface area (Å²) in [5.41, 5.74) is 2.04. The molecule has 2 rings (SSSR count). The summed E-state index contributed by atoms with van der Waals surface area (Å²) in [6.45, 7) is 0. The summed E-state index contributed by atoms with van der Waals surface area (Å²) in [6, 6.07) is 7.99. The summed E-state index contributed by atoms with van der Waals surface area (Å²) in [5, 5.41) is 20.8. The van der Waals surface area contributed by atoms with Crippen LogP contribution in [-0.4, -0.2) is 44.5 Å². The highest BCUT2D eigenvalue weighted by molar-refractivity contribution is 7.80. The van der Waals surface area contributed by atoms with Gasteiger partial charge < -0.3 is 10.0 Å². The Kier molecular flexibility index (Phi) is 4.62. The SMILES string of the molecule is CN(C)c1ccc(-n2nnnc2CCCC(O)=S)cc1. The zero-order valence-electron chi connectivity index (χ0n) is 11.5. The number of rotatable bonds is 6. The van der Waals surface area contributed by atoms with E-state index in [1.165, 1.54) is 0 Å². The van der Waals surface area contributed by atoms with E-state index in [0.29, 0.717) is 12.8 Å². The van der Waals surface area contributed by atoms with Gasteiger partial charge in [0.25, 0.3) is 0 Å². The molecule has 0 aliphatic heterocycles. The van der Waals surface area contributed by atoms with Crippen molar-refractivity contribution >= 4 is 23.0 Å². The first-order valence-corrected chi connectivity index (χ1v) is 6.75. The van der Waals surface area contributed by atoms with E-state index in [-0.39, 0.29) is 5.05 Å². The number of benzene rings is 1. The number of aliphatic hydroxyl groups excluding tert-OH is 1. The van der Waals surface area contributed by atoms with E-state index in [2.05, 4.69) is 27.7 Å². The van der Waals surface area contributed by atoms with Gasteiger partial charge in [-0.15, -0.1) is 5.10 Å². The third-order valence-electron chi connectivity index (χ3n) is 2.94. The quantitative estimate of drug-likeness (QED) is 0.820. The molecule has 20 heavy (non-hydrogen) atoms. The molecular formula is C13H17N5OS. The van der Waals surface area contributed by atoms with Gasteiger partial charge in [-0.3, -0.25) is 0 Å². The van der Waals surface area contributed by atoms with Crippen molar-refractivity contribution in [1.82, 2.24) is 20.2 Å². The van der Waals surface area contributed by atoms with Crippen LogP contribution in [0.25, 0.3) is 5.69 Å². The molecule has 1 aromatic heterocycles. The Morgan fingerprint density at radius 1 is 1.30 bits per heavy atom. The topological polar surface area (TPSA) is 67.1 Å². The molecule has 2 aromatic rings. The molecule has 0 amide bonds. The molecule has 7 heteroatoms. The van der Waals surface area contributed by atoms with Crippen LogP contribution in [0.3, 0.4) is 0 Å². The van der Waals surface area contributed by atoms with Gasteiger partial charge in [-0.25, -0.2) is 0 Å². The van der Waals surface area contributed by atoms with Crippen LogP contribution < -0.4 is 4.90 Å². The fourth-order valence-corrected chi connectivity index (χ4v) is 2.00. The highest BCUT2D eigenvalue weighted by atomic mass is 32.1. The number of thiocarbonyl (C=S) groups is 1. The summed E-state index contributed by atoms with van der Waals surface area (Å²) in [4.78, 5) is 2.03. The van der Waals surface area contributed by atoms with E-state index >= 15 is 0 Å². The van der Waals surface area contributed by atoms with Crippen LogP contribution in [0, 0.1) is 0 Å². The molecule has 0 aliphatic rings. The van der Waals surface area contributed by atoms with Crippen LogP contribution in [0.4, 0.5) is 5.69 Å². The predicted molar refractivity (Wildman–Crippen MR) is 81.6 cm³/mol. The van der Waals surface area contributed by atoms with Gasteiger partial charge in [-0.1, -0.05) is 0 Å². The van der Waals surface area contributed by atoms with Gasteiger partial charge in [-0.05, 0) is 53.3 Å². The Hall–Kier alpha value is -2.02. The van der Waals surface area contributed by atoms with Crippen LogP contribution in [0.1, 0.15) is 18.7 Å². The average Bonchev–Trinajstić information content (AvgIpc) is 2.87. The molecule has 0 bridgehead atoms. The van der Waals surface area contributed by atoms with E-state index in [0.717, 1.165) is 23.6 Å². The highest BCUT2D eigenvalue weighted by Crippen LogP contribution is 2.16. The maximum absolute atomic E-state index is 9.02. The van der Waals surface area contributed by atoms with Gasteiger partial charge >= 0.3 is 0 Å². The van der Waals surface area contributed by atoms with Crippen molar-refractivity contribution in [2.75, 3.05) is 19.0 Å². The molecule has 0 saturated carbocycles. The Labute approximate surface area is 123 Å². The minimum atomic E-state index is 0.0272. The van der Waals surface area contributed by atoms with Gasteiger partial charge in [0.05, 0.1) is 5.69 Å². The second kappa shape index (κ2) is 6.42. The molecule has 0 atom stereocenters. The number of aromatic nitrogens is 4. The van der Waals surface area contributed by atoms with Gasteiger partial charge in [0.15, 0.2) is 10.9 Å². The molecule has 0 unspecified atom stereocenters. The van der Waals surface area contributed by atoms with Crippen molar-refractivity contribution in [2.45, 2.75) is 19.3 Å². The summed E-state index contributed by atoms with van der Waals surface area (Å²) in [5.74, 6) is 0.763. The van der Waals surface area contributed by atoms with Crippen molar-refractivity contribution < 1.29 is 5.11 Å². The number of hydrogen-bond donors (Lipinski definition) is 1. The number of nitrogens with zero attached hydrogens (tertiary/aromatic N) is 5. The second-order valence-electron chi connectivity index (χ2n) is 4.67. The molecule has 0 radical (unpaired) electrons.